The van der Waals surface area contributed by atoms with Crippen LogP contribution in [0.4, 0.5) is 0 Å². The maximum atomic E-state index is 11.4. The number of rotatable bonds is 5. The molecule has 0 saturated carbocycles. The van der Waals surface area contributed by atoms with Gasteiger partial charge in [-0.2, -0.15) is 0 Å². The Labute approximate surface area is 123 Å². The monoisotopic (exact) mass is 296 g/mol. The minimum absolute atomic E-state index is 0.0573. The average Bonchev–Trinajstić information content (AvgIpc) is 2.54. The van der Waals surface area contributed by atoms with E-state index in [4.69, 9.17) is 14.2 Å². The molecule has 1 fully saturated rings. The molecule has 1 aliphatic rings. The molecule has 0 aliphatic carbocycles. The van der Waals surface area contributed by atoms with Crippen LogP contribution in [0.2, 0.25) is 0 Å². The summed E-state index contributed by atoms with van der Waals surface area (Å²) in [7, 11) is 2.77. The summed E-state index contributed by atoms with van der Waals surface area (Å²) in [6.45, 7) is 1.27. The summed E-state index contributed by atoms with van der Waals surface area (Å²) in [6, 6.07) is 4.85. The number of esters is 1. The largest absolute Gasteiger partial charge is 0.493 e. The molecule has 1 saturated heterocycles. The highest BCUT2D eigenvalue weighted by atomic mass is 16.6. The SMILES string of the molecule is COC(=O)C(O)c1ccc(OC)c(OC2CCCOC2)c1. The van der Waals surface area contributed by atoms with Crippen molar-refractivity contribution in [3.8, 4) is 11.5 Å². The second-order valence-corrected chi connectivity index (χ2v) is 4.79. The Morgan fingerprint density at radius 3 is 2.81 bits per heavy atom. The van der Waals surface area contributed by atoms with Gasteiger partial charge in [-0.25, -0.2) is 4.79 Å². The Hall–Kier alpha value is -1.79. The van der Waals surface area contributed by atoms with E-state index in [1.165, 1.54) is 14.2 Å². The zero-order valence-corrected chi connectivity index (χ0v) is 12.2. The molecular formula is C15H20O6. The van der Waals surface area contributed by atoms with Gasteiger partial charge >= 0.3 is 5.97 Å². The fourth-order valence-corrected chi connectivity index (χ4v) is 2.19. The third kappa shape index (κ3) is 3.86. The third-order valence-electron chi connectivity index (χ3n) is 3.34. The van der Waals surface area contributed by atoms with Crippen molar-refractivity contribution in [2.75, 3.05) is 27.4 Å². The highest BCUT2D eigenvalue weighted by molar-refractivity contribution is 5.76. The normalized spacial score (nSPS) is 19.7. The number of carbonyl (C=O) groups is 1. The summed E-state index contributed by atoms with van der Waals surface area (Å²) in [5.41, 5.74) is 0.398. The van der Waals surface area contributed by atoms with Crippen molar-refractivity contribution in [1.29, 1.82) is 0 Å². The van der Waals surface area contributed by atoms with Crippen LogP contribution < -0.4 is 9.47 Å². The van der Waals surface area contributed by atoms with Crippen molar-refractivity contribution in [3.05, 3.63) is 23.8 Å². The molecule has 0 amide bonds. The number of hydrogen-bond donors (Lipinski definition) is 1. The molecule has 1 aliphatic heterocycles. The van der Waals surface area contributed by atoms with Crippen LogP contribution in [-0.2, 0) is 14.3 Å². The number of hydrogen-bond acceptors (Lipinski definition) is 6. The molecule has 116 valence electrons. The van der Waals surface area contributed by atoms with Gasteiger partial charge in [0.1, 0.15) is 6.10 Å². The Balaban J connectivity index is 2.18. The summed E-state index contributed by atoms with van der Waals surface area (Å²) >= 11 is 0. The first-order valence-corrected chi connectivity index (χ1v) is 6.84. The maximum Gasteiger partial charge on any atom is 0.339 e. The standard InChI is InChI=1S/C15H20O6/c1-18-12-6-5-10(14(16)15(17)19-2)8-13(12)21-11-4-3-7-20-9-11/h5-6,8,11,14,16H,3-4,7,9H2,1-2H3. The van der Waals surface area contributed by atoms with E-state index < -0.39 is 12.1 Å². The van der Waals surface area contributed by atoms with Crippen molar-refractivity contribution < 1.29 is 28.8 Å². The lowest BCUT2D eigenvalue weighted by Gasteiger charge is -2.24. The summed E-state index contributed by atoms with van der Waals surface area (Å²) < 4.78 is 21.0. The first-order valence-electron chi connectivity index (χ1n) is 6.84. The zero-order chi connectivity index (χ0) is 15.2. The Morgan fingerprint density at radius 2 is 2.19 bits per heavy atom. The van der Waals surface area contributed by atoms with Gasteiger partial charge in [0.15, 0.2) is 17.6 Å². The van der Waals surface area contributed by atoms with Crippen LogP contribution in [0.25, 0.3) is 0 Å². The van der Waals surface area contributed by atoms with Gasteiger partial charge in [0, 0.05) is 6.61 Å². The van der Waals surface area contributed by atoms with E-state index in [0.717, 1.165) is 19.4 Å². The Bertz CT molecular complexity index is 481. The van der Waals surface area contributed by atoms with E-state index in [1.54, 1.807) is 18.2 Å². The molecular weight excluding hydrogens is 276 g/mol. The van der Waals surface area contributed by atoms with E-state index >= 15 is 0 Å². The van der Waals surface area contributed by atoms with Crippen molar-refractivity contribution in [3.63, 3.8) is 0 Å². The van der Waals surface area contributed by atoms with Gasteiger partial charge in [-0.3, -0.25) is 0 Å². The molecule has 21 heavy (non-hydrogen) atoms. The average molecular weight is 296 g/mol. The van der Waals surface area contributed by atoms with Crippen molar-refractivity contribution in [2.45, 2.75) is 25.0 Å². The topological polar surface area (TPSA) is 74.2 Å². The van der Waals surface area contributed by atoms with Crippen LogP contribution in [0.3, 0.4) is 0 Å². The third-order valence-corrected chi connectivity index (χ3v) is 3.34. The molecule has 1 aromatic rings. The van der Waals surface area contributed by atoms with Gasteiger partial charge < -0.3 is 24.1 Å². The van der Waals surface area contributed by atoms with Gasteiger partial charge in [-0.05, 0) is 30.5 Å². The summed E-state index contributed by atoms with van der Waals surface area (Å²) in [5, 5.41) is 9.89. The van der Waals surface area contributed by atoms with Crippen LogP contribution >= 0.6 is 0 Å². The number of ether oxygens (including phenoxy) is 4. The van der Waals surface area contributed by atoms with Crippen LogP contribution in [0.5, 0.6) is 11.5 Å². The lowest BCUT2D eigenvalue weighted by atomic mass is 10.1. The fraction of sp³-hybridized carbons (Fsp3) is 0.533. The molecule has 0 aromatic heterocycles. The molecule has 1 heterocycles. The van der Waals surface area contributed by atoms with Gasteiger partial charge in [0.05, 0.1) is 20.8 Å². The van der Waals surface area contributed by atoms with Gasteiger partial charge in [-0.15, -0.1) is 0 Å². The van der Waals surface area contributed by atoms with Crippen LogP contribution in [-0.4, -0.2) is 44.6 Å². The Morgan fingerprint density at radius 1 is 1.38 bits per heavy atom. The van der Waals surface area contributed by atoms with Crippen LogP contribution in [0, 0.1) is 0 Å². The van der Waals surface area contributed by atoms with Crippen molar-refractivity contribution >= 4 is 5.97 Å². The summed E-state index contributed by atoms with van der Waals surface area (Å²) in [5.74, 6) is 0.307. The minimum Gasteiger partial charge on any atom is -0.493 e. The first-order chi connectivity index (χ1) is 10.2. The van der Waals surface area contributed by atoms with E-state index in [0.29, 0.717) is 23.7 Å². The van der Waals surface area contributed by atoms with E-state index in [9.17, 15) is 9.90 Å². The number of methoxy groups -OCH3 is 2. The summed E-state index contributed by atoms with van der Waals surface area (Å²) in [4.78, 5) is 11.4. The minimum atomic E-state index is -1.34. The van der Waals surface area contributed by atoms with Crippen molar-refractivity contribution in [2.24, 2.45) is 0 Å². The number of aliphatic hydroxyl groups excluding tert-OH is 1. The first kappa shape index (κ1) is 15.6. The summed E-state index contributed by atoms with van der Waals surface area (Å²) in [6.07, 6.45) is 0.439. The highest BCUT2D eigenvalue weighted by Crippen LogP contribution is 2.32. The van der Waals surface area contributed by atoms with E-state index in [1.807, 2.05) is 0 Å². The number of benzene rings is 1. The lowest BCUT2D eigenvalue weighted by Crippen LogP contribution is -2.28. The smallest absolute Gasteiger partial charge is 0.339 e. The number of carbonyl (C=O) groups excluding carboxylic acids is 1. The Kier molecular flexibility index (Phi) is 5.41. The molecule has 6 heteroatoms. The predicted molar refractivity (Wildman–Crippen MR) is 74.4 cm³/mol. The lowest BCUT2D eigenvalue weighted by molar-refractivity contribution is -0.150. The molecule has 2 atom stereocenters. The molecule has 0 radical (unpaired) electrons. The molecule has 2 unspecified atom stereocenters. The van der Waals surface area contributed by atoms with E-state index in [-0.39, 0.29) is 6.10 Å². The molecule has 1 aromatic carbocycles. The molecule has 2 rings (SSSR count). The fourth-order valence-electron chi connectivity index (χ4n) is 2.19. The maximum absolute atomic E-state index is 11.4. The van der Waals surface area contributed by atoms with E-state index in [2.05, 4.69) is 4.74 Å². The molecule has 1 N–H and O–H groups in total. The quantitative estimate of drug-likeness (QED) is 0.829. The van der Waals surface area contributed by atoms with Crippen molar-refractivity contribution in [1.82, 2.24) is 0 Å². The zero-order valence-electron chi connectivity index (χ0n) is 12.2. The van der Waals surface area contributed by atoms with Gasteiger partial charge in [0.2, 0.25) is 0 Å². The predicted octanol–water partition coefficient (Wildman–Crippen LogP) is 1.46. The molecule has 6 nitrogen and oxygen atoms in total. The van der Waals surface area contributed by atoms with Crippen LogP contribution in [0.15, 0.2) is 18.2 Å². The second kappa shape index (κ2) is 7.28. The van der Waals surface area contributed by atoms with Crippen LogP contribution in [0.1, 0.15) is 24.5 Å². The molecule has 0 bridgehead atoms. The molecule has 0 spiro atoms. The highest BCUT2D eigenvalue weighted by Gasteiger charge is 2.22. The van der Waals surface area contributed by atoms with Gasteiger partial charge in [-0.1, -0.05) is 6.07 Å². The second-order valence-electron chi connectivity index (χ2n) is 4.79. The number of aliphatic hydroxyl groups is 1. The van der Waals surface area contributed by atoms with Gasteiger partial charge in [0.25, 0.3) is 0 Å².